The number of hydrogen-bond acceptors (Lipinski definition) is 0. The first kappa shape index (κ1) is 64.0. The van der Waals surface area contributed by atoms with Gasteiger partial charge in [-0.05, 0) is 239 Å². The Bertz CT molecular complexity index is 7230. The van der Waals surface area contributed by atoms with Crippen molar-refractivity contribution in [1.82, 2.24) is 9.13 Å². The van der Waals surface area contributed by atoms with Crippen molar-refractivity contribution in [1.29, 1.82) is 0 Å². The first-order valence-electron chi connectivity index (χ1n) is 39.8. The molecule has 113 heavy (non-hydrogen) atoms. The van der Waals surface area contributed by atoms with Crippen LogP contribution in [-0.4, -0.2) is 9.13 Å². The highest BCUT2D eigenvalue weighted by Crippen LogP contribution is 2.64. The van der Waals surface area contributed by atoms with Gasteiger partial charge in [0.1, 0.15) is 0 Å². The topological polar surface area (TPSA) is 9.86 Å². The number of para-hydroxylation sites is 2. The second kappa shape index (κ2) is 23.6. The zero-order valence-corrected chi connectivity index (χ0v) is 63.2. The number of benzene rings is 18. The van der Waals surface area contributed by atoms with Crippen LogP contribution in [-0.2, 0) is 16.2 Å². The predicted molar refractivity (Wildman–Crippen MR) is 478 cm³/mol. The summed E-state index contributed by atoms with van der Waals surface area (Å²) >= 11 is 0. The molecule has 0 aliphatic heterocycles. The second-order valence-corrected chi connectivity index (χ2v) is 33.0. The summed E-state index contributed by atoms with van der Waals surface area (Å²) in [4.78, 5) is 0. The standard InChI is InChI=1S/C111H74N2/c1-109(2)97-57-67(41-49-83(97)85-53-45-73(63-99(85)109)71-47-55-105-93(61-71)91-31-15-19-35-103(91)112(105)107-65-75-21-5-7-23-77(75)79-25-9-11-29-89(79)107)37-39-69-43-51-87-88-52-44-70(60-102(88)111(101(87)59-69)95-33-17-13-27-81(95)82-28-14-18-34-96(82)111)40-38-68-42-50-84-86-54-46-74(64-100(86)110(3,4)98(84)58-68)72-48-56-106-94(62-72)92-32-16-20-36-104(92)113(106)108-66-76-22-6-8-24-78(76)80-26-10-12-30-90(80)108/h5-66H,1-4H3/b39-37+,40-38+. The third kappa shape index (κ3) is 9.06. The van der Waals surface area contributed by atoms with Crippen LogP contribution >= 0.6 is 0 Å². The molecule has 4 aliphatic rings. The van der Waals surface area contributed by atoms with E-state index in [1.165, 1.54) is 232 Å². The van der Waals surface area contributed by atoms with Crippen LogP contribution in [0.3, 0.4) is 0 Å². The Hall–Kier alpha value is -13.9. The monoisotopic (exact) mass is 1430 g/mol. The van der Waals surface area contributed by atoms with Crippen molar-refractivity contribution in [3.63, 3.8) is 0 Å². The summed E-state index contributed by atoms with van der Waals surface area (Å²) in [6.45, 7) is 9.64. The normalized spacial score (nSPS) is 14.3. The summed E-state index contributed by atoms with van der Waals surface area (Å²) < 4.78 is 4.97. The predicted octanol–water partition coefficient (Wildman–Crippen LogP) is 29.1. The fourth-order valence-corrected chi connectivity index (χ4v) is 21.1. The molecule has 528 valence electrons. The van der Waals surface area contributed by atoms with Crippen LogP contribution in [0.5, 0.6) is 0 Å². The van der Waals surface area contributed by atoms with Gasteiger partial charge in [0.15, 0.2) is 0 Å². The molecule has 0 bridgehead atoms. The molecule has 0 atom stereocenters. The summed E-state index contributed by atoms with van der Waals surface area (Å²) in [6, 6.07) is 133. The molecule has 4 aliphatic carbocycles. The van der Waals surface area contributed by atoms with Crippen LogP contribution in [0, 0.1) is 0 Å². The SMILES string of the molecule is CC1(C)c2cc(/C=C/c3ccc4c(c3)C3(c5ccccc5-c5ccccc53)c3cc(/C=C/c5ccc6c(c5)C(C)(C)c5cc(-c7ccc8c(c7)c7ccccc7n8-c7cc8ccccc8c8ccccc78)ccc5-6)ccc3-4)ccc2-c2ccc(-c3ccc4c(c3)c3ccccc3n4-c3cc4ccccc4c4ccccc34)cc21. The highest BCUT2D eigenvalue weighted by Gasteiger charge is 2.52. The van der Waals surface area contributed by atoms with E-state index in [0.29, 0.717) is 0 Å². The largest absolute Gasteiger partial charge is 0.309 e. The first-order chi connectivity index (χ1) is 55.5. The minimum Gasteiger partial charge on any atom is -0.309 e. The summed E-state index contributed by atoms with van der Waals surface area (Å²) in [5.41, 5.74) is 37.2. The smallest absolute Gasteiger partial charge is 0.0725 e. The Balaban J connectivity index is 0.529. The fourth-order valence-electron chi connectivity index (χ4n) is 21.1. The van der Waals surface area contributed by atoms with Crippen molar-refractivity contribution in [2.24, 2.45) is 0 Å². The zero-order valence-electron chi connectivity index (χ0n) is 63.2. The Morgan fingerprint density at radius 2 is 0.478 bits per heavy atom. The molecule has 0 fully saturated rings. The molecule has 18 aromatic carbocycles. The summed E-state index contributed by atoms with van der Waals surface area (Å²) in [5, 5.41) is 15.1. The lowest BCUT2D eigenvalue weighted by Crippen LogP contribution is -2.26. The van der Waals surface area contributed by atoms with E-state index in [2.05, 4.69) is 413 Å². The van der Waals surface area contributed by atoms with E-state index in [9.17, 15) is 0 Å². The molecule has 0 N–H and O–H groups in total. The van der Waals surface area contributed by atoms with E-state index in [-0.39, 0.29) is 10.8 Å². The molecule has 2 heterocycles. The lowest BCUT2D eigenvalue weighted by Gasteiger charge is -2.30. The van der Waals surface area contributed by atoms with Crippen molar-refractivity contribution >= 4 is 111 Å². The van der Waals surface area contributed by atoms with Gasteiger partial charge < -0.3 is 9.13 Å². The number of fused-ring (bicyclic) bond motifs is 28. The Kier molecular flexibility index (Phi) is 13.3. The van der Waals surface area contributed by atoms with Crippen molar-refractivity contribution in [3.8, 4) is 78.1 Å². The highest BCUT2D eigenvalue weighted by atomic mass is 15.0. The maximum atomic E-state index is 2.50. The van der Waals surface area contributed by atoms with E-state index in [1.807, 2.05) is 0 Å². The molecule has 2 nitrogen and oxygen atoms in total. The number of rotatable bonds is 8. The molecule has 20 aromatic rings. The van der Waals surface area contributed by atoms with Gasteiger partial charge in [-0.25, -0.2) is 0 Å². The first-order valence-corrected chi connectivity index (χ1v) is 39.8. The Morgan fingerprint density at radius 3 is 0.894 bits per heavy atom. The average molecular weight is 1440 g/mol. The average Bonchev–Trinajstić information content (AvgIpc) is 1.50. The second-order valence-electron chi connectivity index (χ2n) is 33.0. The minimum absolute atomic E-state index is 0.220. The van der Waals surface area contributed by atoms with Crippen LogP contribution in [0.2, 0.25) is 0 Å². The maximum absolute atomic E-state index is 2.50. The molecule has 0 radical (unpaired) electrons. The van der Waals surface area contributed by atoms with Crippen LogP contribution < -0.4 is 0 Å². The summed E-state index contributed by atoms with van der Waals surface area (Å²) in [6.07, 6.45) is 9.35. The molecule has 2 heteroatoms. The van der Waals surface area contributed by atoms with Gasteiger partial charge in [0.05, 0.1) is 38.9 Å². The summed E-state index contributed by atoms with van der Waals surface area (Å²) in [7, 11) is 0. The van der Waals surface area contributed by atoms with Gasteiger partial charge in [-0.2, -0.15) is 0 Å². The minimum atomic E-state index is -0.508. The van der Waals surface area contributed by atoms with Crippen molar-refractivity contribution < 1.29 is 0 Å². The fraction of sp³-hybridized carbons (Fsp3) is 0.0631. The molecule has 2 aromatic heterocycles. The van der Waals surface area contributed by atoms with Gasteiger partial charge >= 0.3 is 0 Å². The lowest BCUT2D eigenvalue weighted by molar-refractivity contribution is 0.660. The number of hydrogen-bond donors (Lipinski definition) is 0. The van der Waals surface area contributed by atoms with E-state index in [4.69, 9.17) is 0 Å². The quantitative estimate of drug-likeness (QED) is 0.106. The van der Waals surface area contributed by atoms with Crippen LogP contribution in [0.4, 0.5) is 0 Å². The van der Waals surface area contributed by atoms with E-state index in [0.717, 1.165) is 0 Å². The van der Waals surface area contributed by atoms with E-state index >= 15 is 0 Å². The molecule has 0 unspecified atom stereocenters. The summed E-state index contributed by atoms with van der Waals surface area (Å²) in [5.74, 6) is 0. The van der Waals surface area contributed by atoms with Gasteiger partial charge in [-0.1, -0.05) is 331 Å². The molecule has 24 rings (SSSR count). The zero-order chi connectivity index (χ0) is 74.7. The van der Waals surface area contributed by atoms with Gasteiger partial charge in [0.2, 0.25) is 0 Å². The van der Waals surface area contributed by atoms with Gasteiger partial charge in [0, 0.05) is 43.1 Å². The number of aromatic nitrogens is 2. The molecule has 0 saturated heterocycles. The molecule has 1 spiro atoms. The Morgan fingerprint density at radius 1 is 0.195 bits per heavy atom. The van der Waals surface area contributed by atoms with Crippen LogP contribution in [0.1, 0.15) is 94.5 Å². The highest BCUT2D eigenvalue weighted by molar-refractivity contribution is 6.18. The molecular formula is C111H74N2. The van der Waals surface area contributed by atoms with Crippen molar-refractivity contribution in [2.75, 3.05) is 0 Å². The maximum Gasteiger partial charge on any atom is 0.0725 e. The van der Waals surface area contributed by atoms with Crippen molar-refractivity contribution in [3.05, 3.63) is 419 Å². The van der Waals surface area contributed by atoms with Gasteiger partial charge in [-0.3, -0.25) is 0 Å². The third-order valence-corrected chi connectivity index (χ3v) is 26.5. The van der Waals surface area contributed by atoms with E-state index in [1.54, 1.807) is 0 Å². The van der Waals surface area contributed by atoms with Gasteiger partial charge in [-0.15, -0.1) is 0 Å². The molecule has 0 amide bonds. The molecular weight excluding hydrogens is 1360 g/mol. The third-order valence-electron chi connectivity index (χ3n) is 26.5. The van der Waals surface area contributed by atoms with E-state index < -0.39 is 5.41 Å². The number of nitrogens with zero attached hydrogens (tertiary/aromatic N) is 2. The Labute approximate surface area is 656 Å². The lowest BCUT2D eigenvalue weighted by atomic mass is 9.70. The van der Waals surface area contributed by atoms with Gasteiger partial charge in [0.25, 0.3) is 0 Å². The molecule has 0 saturated carbocycles. The van der Waals surface area contributed by atoms with Crippen LogP contribution in [0.15, 0.2) is 352 Å². The van der Waals surface area contributed by atoms with Crippen molar-refractivity contribution in [2.45, 2.75) is 43.9 Å². The van der Waals surface area contributed by atoms with Crippen LogP contribution in [0.25, 0.3) is 189 Å².